The Morgan fingerprint density at radius 2 is 2.33 bits per heavy atom. The van der Waals surface area contributed by atoms with E-state index in [0.717, 1.165) is 4.90 Å². The van der Waals surface area contributed by atoms with Gasteiger partial charge in [-0.05, 0) is 25.1 Å². The molecule has 0 saturated heterocycles. The zero-order chi connectivity index (χ0) is 13.0. The minimum absolute atomic E-state index is 0.0453. The first kappa shape index (κ1) is 12.8. The lowest BCUT2D eigenvalue weighted by molar-refractivity contribution is 0.100. The van der Waals surface area contributed by atoms with E-state index < -0.39 is 0 Å². The summed E-state index contributed by atoms with van der Waals surface area (Å²) in [7, 11) is 0. The predicted molar refractivity (Wildman–Crippen MR) is 69.4 cm³/mol. The van der Waals surface area contributed by atoms with Crippen LogP contribution in [0.4, 0.5) is 4.39 Å². The number of aromatic nitrogens is 2. The molecule has 0 radical (unpaired) electrons. The smallest absolute Gasteiger partial charge is 0.208 e. The minimum Gasteiger partial charge on any atom is -0.329 e. The van der Waals surface area contributed by atoms with Crippen molar-refractivity contribution in [3.8, 4) is 0 Å². The molecule has 0 N–H and O–H groups in total. The van der Waals surface area contributed by atoms with Crippen LogP contribution in [0.2, 0.25) is 0 Å². The van der Waals surface area contributed by atoms with Gasteiger partial charge in [0, 0.05) is 23.8 Å². The predicted octanol–water partition coefficient (Wildman–Crippen LogP) is 3.02. The number of ketones is 1. The first-order valence-electron chi connectivity index (χ1n) is 5.63. The van der Waals surface area contributed by atoms with Gasteiger partial charge in [-0.1, -0.05) is 6.07 Å². The summed E-state index contributed by atoms with van der Waals surface area (Å²) in [4.78, 5) is 16.7. The Hall–Kier alpha value is -1.62. The van der Waals surface area contributed by atoms with E-state index >= 15 is 0 Å². The van der Waals surface area contributed by atoms with Gasteiger partial charge < -0.3 is 4.57 Å². The topological polar surface area (TPSA) is 34.9 Å². The lowest BCUT2D eigenvalue weighted by atomic mass is 10.3. The Bertz CT molecular complexity index is 553. The summed E-state index contributed by atoms with van der Waals surface area (Å²) >= 11 is 1.32. The fourth-order valence-corrected chi connectivity index (χ4v) is 2.38. The fraction of sp³-hybridized carbons (Fsp3) is 0.231. The molecule has 5 heteroatoms. The number of imidazole rings is 1. The summed E-state index contributed by atoms with van der Waals surface area (Å²) in [6.45, 7) is 2.67. The maximum Gasteiger partial charge on any atom is 0.208 e. The van der Waals surface area contributed by atoms with Crippen molar-refractivity contribution in [1.82, 2.24) is 9.55 Å². The van der Waals surface area contributed by atoms with E-state index in [1.165, 1.54) is 23.9 Å². The molecule has 94 valence electrons. The zero-order valence-corrected chi connectivity index (χ0v) is 10.8. The highest BCUT2D eigenvalue weighted by atomic mass is 32.2. The van der Waals surface area contributed by atoms with Gasteiger partial charge in [-0.25, -0.2) is 9.37 Å². The number of carbonyl (C=O) groups excluding carboxylic acids is 1. The molecule has 0 fully saturated rings. The number of hydrogen-bond donors (Lipinski definition) is 0. The number of Topliss-reactive ketones (excluding diaryl/α,β-unsaturated/α-hetero) is 1. The van der Waals surface area contributed by atoms with Gasteiger partial charge in [0.1, 0.15) is 5.82 Å². The Kier molecular flexibility index (Phi) is 4.15. The molecule has 1 aromatic carbocycles. The van der Waals surface area contributed by atoms with Crippen molar-refractivity contribution >= 4 is 17.5 Å². The second kappa shape index (κ2) is 5.82. The molecule has 0 aliphatic heterocycles. The number of nitrogens with zero attached hydrogens (tertiary/aromatic N) is 2. The Morgan fingerprint density at radius 1 is 1.50 bits per heavy atom. The molecule has 1 heterocycles. The van der Waals surface area contributed by atoms with Crippen LogP contribution in [0, 0.1) is 5.82 Å². The van der Waals surface area contributed by atoms with Gasteiger partial charge in [-0.3, -0.25) is 4.79 Å². The molecule has 18 heavy (non-hydrogen) atoms. The number of hydrogen-bond acceptors (Lipinski definition) is 3. The van der Waals surface area contributed by atoms with Crippen LogP contribution in [0.3, 0.4) is 0 Å². The molecule has 2 rings (SSSR count). The lowest BCUT2D eigenvalue weighted by Crippen LogP contribution is -2.11. The third-order valence-electron chi connectivity index (χ3n) is 2.47. The summed E-state index contributed by atoms with van der Waals surface area (Å²) in [5.74, 6) is 0.389. The second-order valence-corrected chi connectivity index (χ2v) is 4.75. The van der Waals surface area contributed by atoms with E-state index in [2.05, 4.69) is 4.98 Å². The standard InChI is InChI=1S/C13H13FN2OS/c1-2-16-7-6-15-13(16)12(17)9-18-11-5-3-4-10(14)8-11/h3-8H,2,9H2,1H3. The summed E-state index contributed by atoms with van der Waals surface area (Å²) < 4.78 is 14.8. The molecule has 2 aromatic rings. The molecule has 0 spiro atoms. The molecule has 0 unspecified atom stereocenters. The number of aryl methyl sites for hydroxylation is 1. The largest absolute Gasteiger partial charge is 0.329 e. The maximum atomic E-state index is 13.0. The molecule has 0 atom stereocenters. The van der Waals surface area contributed by atoms with E-state index in [9.17, 15) is 9.18 Å². The van der Waals surface area contributed by atoms with Gasteiger partial charge in [0.15, 0.2) is 5.82 Å². The van der Waals surface area contributed by atoms with E-state index in [1.807, 2.05) is 6.92 Å². The summed E-state index contributed by atoms with van der Waals surface area (Å²) in [6.07, 6.45) is 3.39. The zero-order valence-electron chi connectivity index (χ0n) is 9.97. The highest BCUT2D eigenvalue weighted by molar-refractivity contribution is 8.00. The van der Waals surface area contributed by atoms with Crippen molar-refractivity contribution in [2.45, 2.75) is 18.4 Å². The second-order valence-electron chi connectivity index (χ2n) is 3.71. The quantitative estimate of drug-likeness (QED) is 0.615. The van der Waals surface area contributed by atoms with Gasteiger partial charge in [0.2, 0.25) is 5.78 Å². The van der Waals surface area contributed by atoms with Crippen molar-refractivity contribution in [3.05, 3.63) is 48.3 Å². The average molecular weight is 264 g/mol. The number of halogens is 1. The monoisotopic (exact) mass is 264 g/mol. The van der Waals surface area contributed by atoms with Crippen LogP contribution in [0.25, 0.3) is 0 Å². The third kappa shape index (κ3) is 2.98. The van der Waals surface area contributed by atoms with Gasteiger partial charge in [0.05, 0.1) is 5.75 Å². The van der Waals surface area contributed by atoms with Crippen molar-refractivity contribution in [2.75, 3.05) is 5.75 Å². The maximum absolute atomic E-state index is 13.0. The van der Waals surface area contributed by atoms with Crippen LogP contribution in [0.1, 0.15) is 17.5 Å². The first-order chi connectivity index (χ1) is 8.70. The van der Waals surface area contributed by atoms with Crippen LogP contribution in [-0.2, 0) is 6.54 Å². The van der Waals surface area contributed by atoms with Crippen molar-refractivity contribution in [3.63, 3.8) is 0 Å². The van der Waals surface area contributed by atoms with Crippen LogP contribution in [0.5, 0.6) is 0 Å². The molecule has 0 saturated carbocycles. The molecular formula is C13H13FN2OS. The van der Waals surface area contributed by atoms with Crippen LogP contribution in [0.15, 0.2) is 41.6 Å². The van der Waals surface area contributed by atoms with Crippen LogP contribution in [-0.4, -0.2) is 21.1 Å². The van der Waals surface area contributed by atoms with Gasteiger partial charge in [0.25, 0.3) is 0 Å². The first-order valence-corrected chi connectivity index (χ1v) is 6.62. The Balaban J connectivity index is 2.00. The molecular weight excluding hydrogens is 251 g/mol. The van der Waals surface area contributed by atoms with Crippen molar-refractivity contribution < 1.29 is 9.18 Å². The normalized spacial score (nSPS) is 10.6. The lowest BCUT2D eigenvalue weighted by Gasteiger charge is -2.04. The molecule has 0 aliphatic rings. The van der Waals surface area contributed by atoms with Crippen molar-refractivity contribution in [2.24, 2.45) is 0 Å². The van der Waals surface area contributed by atoms with Gasteiger partial charge in [-0.2, -0.15) is 0 Å². The van der Waals surface area contributed by atoms with Gasteiger partial charge >= 0.3 is 0 Å². The third-order valence-corrected chi connectivity index (χ3v) is 3.47. The van der Waals surface area contributed by atoms with Crippen LogP contribution >= 0.6 is 11.8 Å². The fourth-order valence-electron chi connectivity index (χ4n) is 1.59. The van der Waals surface area contributed by atoms with Crippen molar-refractivity contribution in [1.29, 1.82) is 0 Å². The average Bonchev–Trinajstić information content (AvgIpc) is 2.84. The number of benzene rings is 1. The van der Waals surface area contributed by atoms with E-state index in [0.29, 0.717) is 12.4 Å². The highest BCUT2D eigenvalue weighted by Crippen LogP contribution is 2.19. The molecule has 1 aromatic heterocycles. The Labute approximate surface area is 109 Å². The van der Waals surface area contributed by atoms with E-state index in [1.54, 1.807) is 29.1 Å². The molecule has 0 aliphatic carbocycles. The number of carbonyl (C=O) groups is 1. The van der Waals surface area contributed by atoms with E-state index in [-0.39, 0.29) is 17.4 Å². The summed E-state index contributed by atoms with van der Waals surface area (Å²) in [5.41, 5.74) is 0. The Morgan fingerprint density at radius 3 is 3.06 bits per heavy atom. The number of rotatable bonds is 5. The van der Waals surface area contributed by atoms with Gasteiger partial charge in [-0.15, -0.1) is 11.8 Å². The number of thioether (sulfide) groups is 1. The summed E-state index contributed by atoms with van der Waals surface area (Å²) in [6, 6.07) is 6.22. The molecule has 3 nitrogen and oxygen atoms in total. The van der Waals surface area contributed by atoms with E-state index in [4.69, 9.17) is 0 Å². The highest BCUT2D eigenvalue weighted by Gasteiger charge is 2.12. The van der Waals surface area contributed by atoms with Crippen LogP contribution < -0.4 is 0 Å². The molecule has 0 bridgehead atoms. The molecule has 0 amide bonds. The minimum atomic E-state index is -0.289. The summed E-state index contributed by atoms with van der Waals surface area (Å²) in [5, 5.41) is 0. The SMILES string of the molecule is CCn1ccnc1C(=O)CSc1cccc(F)c1.